The number of benzene rings is 1. The molecule has 3 aromatic heterocycles. The maximum Gasteiger partial charge on any atom is 0.292 e. The van der Waals surface area contributed by atoms with Crippen LogP contribution in [0.25, 0.3) is 10.2 Å². The number of hydrogen-bond acceptors (Lipinski definition) is 6. The first kappa shape index (κ1) is 18.9. The molecule has 1 aliphatic heterocycles. The van der Waals surface area contributed by atoms with E-state index in [0.717, 1.165) is 5.69 Å². The summed E-state index contributed by atoms with van der Waals surface area (Å²) in [6.07, 6.45) is 3.36. The molecule has 0 radical (unpaired) electrons. The molecule has 1 N–H and O–H groups in total. The Balaban J connectivity index is 1.59. The fraction of sp³-hybridized carbons (Fsp3) is 0.300. The van der Waals surface area contributed by atoms with Gasteiger partial charge in [0.25, 0.3) is 5.91 Å². The van der Waals surface area contributed by atoms with Gasteiger partial charge in [0.1, 0.15) is 22.4 Å². The smallest absolute Gasteiger partial charge is 0.292 e. The van der Waals surface area contributed by atoms with Gasteiger partial charge in [-0.3, -0.25) is 4.79 Å². The topological polar surface area (TPSA) is 87.9 Å². The Labute approximate surface area is 173 Å². The van der Waals surface area contributed by atoms with Crippen LogP contribution in [0.3, 0.4) is 0 Å². The molecule has 0 unspecified atom stereocenters. The molecule has 1 aromatic carbocycles. The summed E-state index contributed by atoms with van der Waals surface area (Å²) < 4.78 is 34.5. The number of halogens is 2. The highest BCUT2D eigenvalue weighted by atomic mass is 32.1. The van der Waals surface area contributed by atoms with Gasteiger partial charge in [-0.1, -0.05) is 6.07 Å². The van der Waals surface area contributed by atoms with Crippen molar-refractivity contribution in [1.82, 2.24) is 24.8 Å². The predicted octanol–water partition coefficient (Wildman–Crippen LogP) is 4.14. The molecule has 154 valence electrons. The highest BCUT2D eigenvalue weighted by Gasteiger charge is 2.38. The van der Waals surface area contributed by atoms with Crippen LogP contribution in [0.5, 0.6) is 0 Å². The van der Waals surface area contributed by atoms with E-state index in [2.05, 4.69) is 19.9 Å². The lowest BCUT2D eigenvalue weighted by molar-refractivity contribution is 0.0647. The number of nitrogens with one attached hydrogen (secondary N) is 1. The Morgan fingerprint density at radius 3 is 2.93 bits per heavy atom. The van der Waals surface area contributed by atoms with Gasteiger partial charge in [-0.15, -0.1) is 11.3 Å². The van der Waals surface area contributed by atoms with E-state index in [4.69, 9.17) is 4.42 Å². The van der Waals surface area contributed by atoms with Gasteiger partial charge in [-0.25, -0.2) is 23.7 Å². The molecule has 10 heteroatoms. The van der Waals surface area contributed by atoms with Crippen molar-refractivity contribution in [3.63, 3.8) is 0 Å². The van der Waals surface area contributed by atoms with Crippen molar-refractivity contribution >= 4 is 27.5 Å². The second kappa shape index (κ2) is 6.69. The predicted molar refractivity (Wildman–Crippen MR) is 105 cm³/mol. The van der Waals surface area contributed by atoms with Gasteiger partial charge in [0, 0.05) is 18.7 Å². The summed E-state index contributed by atoms with van der Waals surface area (Å²) in [5.74, 6) is -1.10. The number of carbonyl (C=O) groups is 1. The van der Waals surface area contributed by atoms with Gasteiger partial charge in [0.15, 0.2) is 5.67 Å². The molecule has 1 aliphatic rings. The van der Waals surface area contributed by atoms with Crippen LogP contribution < -0.4 is 0 Å². The summed E-state index contributed by atoms with van der Waals surface area (Å²) in [6, 6.07) is 4.14. The number of hydrogen-bond donors (Lipinski definition) is 1. The first-order valence-corrected chi connectivity index (χ1v) is 10.2. The van der Waals surface area contributed by atoms with Crippen LogP contribution in [0, 0.1) is 5.82 Å². The fourth-order valence-corrected chi connectivity index (χ4v) is 4.68. The van der Waals surface area contributed by atoms with Gasteiger partial charge in [0.05, 0.1) is 22.9 Å². The summed E-state index contributed by atoms with van der Waals surface area (Å²) >= 11 is 1.31. The van der Waals surface area contributed by atoms with Crippen molar-refractivity contribution in [2.24, 2.45) is 0 Å². The third kappa shape index (κ3) is 2.98. The van der Waals surface area contributed by atoms with E-state index < -0.39 is 23.4 Å². The third-order valence-corrected chi connectivity index (χ3v) is 6.10. The Hall–Kier alpha value is -3.14. The second-order valence-corrected chi connectivity index (χ2v) is 8.62. The van der Waals surface area contributed by atoms with E-state index in [0.29, 0.717) is 28.4 Å². The zero-order valence-electron chi connectivity index (χ0n) is 16.1. The molecule has 4 aromatic rings. The average Bonchev–Trinajstić information content (AvgIpc) is 3.44. The molecule has 0 saturated carbocycles. The molecule has 0 aliphatic carbocycles. The number of thiazole rings is 1. The SMILES string of the molecule is CC(C)(F)c1ncc(C(=O)N2CCc3[nH]cnc3[C@H]2c2nc3c(F)cccc3s2)o1. The minimum atomic E-state index is -1.81. The number of aromatic amines is 1. The van der Waals surface area contributed by atoms with E-state index in [1.807, 2.05) is 0 Å². The molecule has 5 rings (SSSR count). The number of H-pyrrole nitrogens is 1. The molecule has 0 bridgehead atoms. The van der Waals surface area contributed by atoms with Crippen LogP contribution in [0.15, 0.2) is 35.1 Å². The minimum absolute atomic E-state index is 0.0630. The van der Waals surface area contributed by atoms with Crippen LogP contribution in [0.4, 0.5) is 8.78 Å². The molecule has 30 heavy (non-hydrogen) atoms. The van der Waals surface area contributed by atoms with Crippen LogP contribution in [-0.2, 0) is 12.1 Å². The number of carbonyl (C=O) groups excluding carboxylic acids is 1. The largest absolute Gasteiger partial charge is 0.432 e. The number of imidazole rings is 1. The van der Waals surface area contributed by atoms with Crippen molar-refractivity contribution < 1.29 is 18.0 Å². The van der Waals surface area contributed by atoms with Crippen LogP contribution >= 0.6 is 11.3 Å². The van der Waals surface area contributed by atoms with Crippen molar-refractivity contribution in [2.75, 3.05) is 6.54 Å². The highest BCUT2D eigenvalue weighted by Crippen LogP contribution is 2.38. The van der Waals surface area contributed by atoms with Crippen molar-refractivity contribution in [3.8, 4) is 0 Å². The number of para-hydroxylation sites is 1. The van der Waals surface area contributed by atoms with Gasteiger partial charge in [-0.05, 0) is 26.0 Å². The standard InChI is InChI=1S/C20H17F2N5O2S/c1-20(2,22)19-23-8-12(29-19)18(28)27-7-6-11-15(25-9-24-11)16(27)17-26-14-10(21)4-3-5-13(14)30-17/h3-5,8-9,16H,6-7H2,1-2H3,(H,24,25)/t16-/m0/s1. The monoisotopic (exact) mass is 429 g/mol. The van der Waals surface area contributed by atoms with Gasteiger partial charge >= 0.3 is 0 Å². The van der Waals surface area contributed by atoms with Crippen molar-refractivity contribution in [2.45, 2.75) is 32.0 Å². The number of oxazole rings is 1. The first-order valence-electron chi connectivity index (χ1n) is 9.36. The number of alkyl halides is 1. The number of nitrogens with zero attached hydrogens (tertiary/aromatic N) is 4. The Morgan fingerprint density at radius 2 is 2.20 bits per heavy atom. The zero-order chi connectivity index (χ0) is 21.0. The Bertz CT molecular complexity index is 1260. The van der Waals surface area contributed by atoms with Gasteiger partial charge in [-0.2, -0.15) is 0 Å². The molecule has 4 heterocycles. The van der Waals surface area contributed by atoms with E-state index in [1.165, 1.54) is 37.4 Å². The molecule has 0 saturated heterocycles. The summed E-state index contributed by atoms with van der Waals surface area (Å²) in [5.41, 5.74) is -0.0000231. The van der Waals surface area contributed by atoms with Gasteiger partial charge in [0.2, 0.25) is 11.7 Å². The molecule has 0 spiro atoms. The summed E-state index contributed by atoms with van der Waals surface area (Å²) in [6.45, 7) is 2.98. The van der Waals surface area contributed by atoms with Gasteiger partial charge < -0.3 is 14.3 Å². The van der Waals surface area contributed by atoms with Crippen LogP contribution in [-0.4, -0.2) is 37.3 Å². The maximum absolute atomic E-state index is 14.2. The molecular weight excluding hydrogens is 412 g/mol. The Kier molecular flexibility index (Phi) is 4.21. The van der Waals surface area contributed by atoms with Crippen LogP contribution in [0.1, 0.15) is 52.7 Å². The Morgan fingerprint density at radius 1 is 1.37 bits per heavy atom. The lowest BCUT2D eigenvalue weighted by Gasteiger charge is -2.33. The van der Waals surface area contributed by atoms with Crippen molar-refractivity contribution in [1.29, 1.82) is 0 Å². The van der Waals surface area contributed by atoms with Crippen molar-refractivity contribution in [3.05, 3.63) is 64.6 Å². The first-order chi connectivity index (χ1) is 14.3. The number of aromatic nitrogens is 4. The van der Waals surface area contributed by atoms with E-state index in [1.54, 1.807) is 23.4 Å². The maximum atomic E-state index is 14.2. The lowest BCUT2D eigenvalue weighted by Crippen LogP contribution is -2.40. The normalized spacial score (nSPS) is 16.8. The summed E-state index contributed by atoms with van der Waals surface area (Å²) in [4.78, 5) is 30.7. The number of fused-ring (bicyclic) bond motifs is 2. The average molecular weight is 429 g/mol. The molecule has 1 amide bonds. The van der Waals surface area contributed by atoms with Crippen LogP contribution in [0.2, 0.25) is 0 Å². The number of amides is 1. The van der Waals surface area contributed by atoms with E-state index in [9.17, 15) is 13.6 Å². The third-order valence-electron chi connectivity index (χ3n) is 5.03. The quantitative estimate of drug-likeness (QED) is 0.529. The lowest BCUT2D eigenvalue weighted by atomic mass is 10.0. The minimum Gasteiger partial charge on any atom is -0.432 e. The highest BCUT2D eigenvalue weighted by molar-refractivity contribution is 7.18. The second-order valence-electron chi connectivity index (χ2n) is 7.56. The summed E-state index contributed by atoms with van der Waals surface area (Å²) in [7, 11) is 0. The van der Waals surface area contributed by atoms with E-state index in [-0.39, 0.29) is 17.2 Å². The fourth-order valence-electron chi connectivity index (χ4n) is 3.58. The molecule has 1 atom stereocenters. The molecule has 0 fully saturated rings. The number of rotatable bonds is 3. The zero-order valence-corrected chi connectivity index (χ0v) is 17.0. The summed E-state index contributed by atoms with van der Waals surface area (Å²) in [5, 5.41) is 0.544. The molecular formula is C20H17F2N5O2S. The molecule has 7 nitrogen and oxygen atoms in total. The van der Waals surface area contributed by atoms with E-state index >= 15 is 0 Å².